The van der Waals surface area contributed by atoms with Gasteiger partial charge >= 0.3 is 0 Å². The monoisotopic (exact) mass is 202 g/mol. The van der Waals surface area contributed by atoms with Gasteiger partial charge < -0.3 is 5.32 Å². The number of aromatic nitrogens is 1. The van der Waals surface area contributed by atoms with Crippen LogP contribution in [0.3, 0.4) is 0 Å². The molecule has 4 heteroatoms. The molecule has 0 radical (unpaired) electrons. The van der Waals surface area contributed by atoms with Gasteiger partial charge in [0.1, 0.15) is 0 Å². The first-order valence-corrected chi connectivity index (χ1v) is 6.28. The van der Waals surface area contributed by atoms with Gasteiger partial charge in [0.15, 0.2) is 0 Å². The Bertz CT molecular complexity index is 187. The SMILES string of the molecule is CSCCCNCc1cncs1. The topological polar surface area (TPSA) is 24.9 Å². The van der Waals surface area contributed by atoms with Crippen LogP contribution in [0.4, 0.5) is 0 Å². The minimum atomic E-state index is 0.971. The first kappa shape index (κ1) is 10.0. The highest BCUT2D eigenvalue weighted by atomic mass is 32.2. The first-order chi connectivity index (χ1) is 5.93. The van der Waals surface area contributed by atoms with E-state index in [1.54, 1.807) is 11.3 Å². The Hall–Kier alpha value is -0.0600. The zero-order chi connectivity index (χ0) is 8.65. The fraction of sp³-hybridized carbons (Fsp3) is 0.625. The fourth-order valence-electron chi connectivity index (χ4n) is 0.883. The molecule has 0 aliphatic heterocycles. The molecule has 2 nitrogen and oxygen atoms in total. The molecule has 0 aromatic carbocycles. The number of thiazole rings is 1. The van der Waals surface area contributed by atoms with Crippen molar-refractivity contribution in [3.05, 3.63) is 16.6 Å². The van der Waals surface area contributed by atoms with Gasteiger partial charge in [0, 0.05) is 17.6 Å². The smallest absolute Gasteiger partial charge is 0.0794 e. The van der Waals surface area contributed by atoms with E-state index in [1.807, 2.05) is 23.5 Å². The van der Waals surface area contributed by atoms with Crippen molar-refractivity contribution in [2.75, 3.05) is 18.6 Å². The summed E-state index contributed by atoms with van der Waals surface area (Å²) in [5, 5.41) is 3.38. The molecule has 0 saturated heterocycles. The average Bonchev–Trinajstić information content (AvgIpc) is 2.57. The Balaban J connectivity index is 1.96. The summed E-state index contributed by atoms with van der Waals surface area (Å²) in [4.78, 5) is 5.33. The largest absolute Gasteiger partial charge is 0.312 e. The van der Waals surface area contributed by atoms with Crippen molar-refractivity contribution in [3.8, 4) is 0 Å². The van der Waals surface area contributed by atoms with Gasteiger partial charge in [0.25, 0.3) is 0 Å². The van der Waals surface area contributed by atoms with E-state index in [9.17, 15) is 0 Å². The number of thioether (sulfide) groups is 1. The van der Waals surface area contributed by atoms with E-state index in [2.05, 4.69) is 16.6 Å². The fourth-order valence-corrected chi connectivity index (χ4v) is 1.88. The number of nitrogens with zero attached hydrogens (tertiary/aromatic N) is 1. The van der Waals surface area contributed by atoms with E-state index in [1.165, 1.54) is 17.1 Å². The molecule has 0 fully saturated rings. The Morgan fingerprint density at radius 1 is 1.67 bits per heavy atom. The Labute approximate surface area is 81.8 Å². The maximum absolute atomic E-state index is 4.01. The normalized spacial score (nSPS) is 10.4. The molecule has 0 unspecified atom stereocenters. The molecule has 0 aliphatic rings. The van der Waals surface area contributed by atoms with E-state index < -0.39 is 0 Å². The molecule has 12 heavy (non-hydrogen) atoms. The number of rotatable bonds is 6. The lowest BCUT2D eigenvalue weighted by atomic mass is 10.4. The van der Waals surface area contributed by atoms with Crippen LogP contribution in [0.15, 0.2) is 11.7 Å². The lowest BCUT2D eigenvalue weighted by molar-refractivity contribution is 0.684. The summed E-state index contributed by atoms with van der Waals surface area (Å²) in [5.41, 5.74) is 1.87. The van der Waals surface area contributed by atoms with Gasteiger partial charge in [-0.25, -0.2) is 0 Å². The van der Waals surface area contributed by atoms with Crippen LogP contribution < -0.4 is 5.32 Å². The molecule has 0 aliphatic carbocycles. The second-order valence-corrected chi connectivity index (χ2v) is 4.45. The van der Waals surface area contributed by atoms with Crippen LogP contribution >= 0.6 is 23.1 Å². The predicted molar refractivity (Wildman–Crippen MR) is 56.8 cm³/mol. The Kier molecular flexibility index (Phi) is 5.39. The van der Waals surface area contributed by atoms with Crippen molar-refractivity contribution in [1.29, 1.82) is 0 Å². The average molecular weight is 202 g/mol. The molecule has 68 valence electrons. The molecule has 0 bridgehead atoms. The van der Waals surface area contributed by atoms with Gasteiger partial charge in [0.2, 0.25) is 0 Å². The van der Waals surface area contributed by atoms with Crippen LogP contribution in [0.1, 0.15) is 11.3 Å². The molecule has 0 saturated carbocycles. The Morgan fingerprint density at radius 3 is 3.25 bits per heavy atom. The highest BCUT2D eigenvalue weighted by Gasteiger charge is 1.92. The molecular formula is C8H14N2S2. The van der Waals surface area contributed by atoms with Crippen LogP contribution in [0.25, 0.3) is 0 Å². The summed E-state index contributed by atoms with van der Waals surface area (Å²) in [6, 6.07) is 0. The molecule has 1 aromatic rings. The van der Waals surface area contributed by atoms with Crippen LogP contribution in [0, 0.1) is 0 Å². The number of hydrogen-bond donors (Lipinski definition) is 1. The third-order valence-electron chi connectivity index (χ3n) is 1.48. The summed E-state index contributed by atoms with van der Waals surface area (Å²) < 4.78 is 0. The molecule has 0 atom stereocenters. The van der Waals surface area contributed by atoms with Gasteiger partial charge in [-0.2, -0.15) is 11.8 Å². The second-order valence-electron chi connectivity index (χ2n) is 2.49. The van der Waals surface area contributed by atoms with Gasteiger partial charge in [-0.1, -0.05) is 0 Å². The predicted octanol–water partition coefficient (Wildman–Crippen LogP) is 1.99. The molecule has 1 N–H and O–H groups in total. The van der Waals surface area contributed by atoms with Gasteiger partial charge in [-0.05, 0) is 25.0 Å². The molecule has 1 aromatic heterocycles. The van der Waals surface area contributed by atoms with E-state index in [0.717, 1.165) is 13.1 Å². The van der Waals surface area contributed by atoms with Crippen molar-refractivity contribution < 1.29 is 0 Å². The van der Waals surface area contributed by atoms with Crippen LogP contribution in [0.2, 0.25) is 0 Å². The maximum atomic E-state index is 4.01. The molecule has 0 amide bonds. The molecule has 1 rings (SSSR count). The third kappa shape index (κ3) is 4.09. The summed E-state index contributed by atoms with van der Waals surface area (Å²) in [7, 11) is 0. The minimum absolute atomic E-state index is 0.971. The highest BCUT2D eigenvalue weighted by molar-refractivity contribution is 7.98. The van der Waals surface area contributed by atoms with Gasteiger partial charge in [0.05, 0.1) is 5.51 Å². The van der Waals surface area contributed by atoms with Crippen molar-refractivity contribution in [3.63, 3.8) is 0 Å². The van der Waals surface area contributed by atoms with Crippen LogP contribution in [0.5, 0.6) is 0 Å². The minimum Gasteiger partial charge on any atom is -0.312 e. The number of hydrogen-bond acceptors (Lipinski definition) is 4. The van der Waals surface area contributed by atoms with Crippen LogP contribution in [-0.4, -0.2) is 23.5 Å². The van der Waals surface area contributed by atoms with Crippen molar-refractivity contribution in [2.45, 2.75) is 13.0 Å². The Morgan fingerprint density at radius 2 is 2.58 bits per heavy atom. The second kappa shape index (κ2) is 6.46. The van der Waals surface area contributed by atoms with E-state index in [0.29, 0.717) is 0 Å². The first-order valence-electron chi connectivity index (χ1n) is 4.00. The van der Waals surface area contributed by atoms with Crippen molar-refractivity contribution >= 4 is 23.1 Å². The lowest BCUT2D eigenvalue weighted by Gasteiger charge is -2.00. The third-order valence-corrected chi connectivity index (χ3v) is 2.96. The van der Waals surface area contributed by atoms with Crippen molar-refractivity contribution in [2.24, 2.45) is 0 Å². The summed E-state index contributed by atoms with van der Waals surface area (Å²) in [6.45, 7) is 2.08. The van der Waals surface area contributed by atoms with Gasteiger partial charge in [-0.3, -0.25) is 4.98 Å². The van der Waals surface area contributed by atoms with E-state index in [-0.39, 0.29) is 0 Å². The quantitative estimate of drug-likeness (QED) is 0.714. The molecular weight excluding hydrogens is 188 g/mol. The number of nitrogens with one attached hydrogen (secondary N) is 1. The summed E-state index contributed by atoms with van der Waals surface area (Å²) in [6.07, 6.45) is 5.31. The maximum Gasteiger partial charge on any atom is 0.0794 e. The van der Waals surface area contributed by atoms with E-state index >= 15 is 0 Å². The van der Waals surface area contributed by atoms with Gasteiger partial charge in [-0.15, -0.1) is 11.3 Å². The van der Waals surface area contributed by atoms with Crippen molar-refractivity contribution in [1.82, 2.24) is 10.3 Å². The summed E-state index contributed by atoms with van der Waals surface area (Å²) >= 11 is 3.61. The zero-order valence-electron chi connectivity index (χ0n) is 7.25. The summed E-state index contributed by atoms with van der Waals surface area (Å²) in [5.74, 6) is 1.25. The standard InChI is InChI=1S/C8H14N2S2/c1-11-4-2-3-9-5-8-6-10-7-12-8/h6-7,9H,2-5H2,1H3. The molecule has 0 spiro atoms. The molecule has 1 heterocycles. The van der Waals surface area contributed by atoms with Crippen LogP contribution in [-0.2, 0) is 6.54 Å². The van der Waals surface area contributed by atoms with E-state index in [4.69, 9.17) is 0 Å². The lowest BCUT2D eigenvalue weighted by Crippen LogP contribution is -2.14. The highest BCUT2D eigenvalue weighted by Crippen LogP contribution is 2.04. The zero-order valence-corrected chi connectivity index (χ0v) is 8.88.